The first-order chi connectivity index (χ1) is 13.4. The van der Waals surface area contributed by atoms with E-state index in [1.54, 1.807) is 18.9 Å². The summed E-state index contributed by atoms with van der Waals surface area (Å²) in [6, 6.07) is 0.938. The summed E-state index contributed by atoms with van der Waals surface area (Å²) >= 11 is 0. The number of ether oxygens (including phenoxy) is 1. The Hall–Kier alpha value is -2.52. The van der Waals surface area contributed by atoms with E-state index in [0.717, 1.165) is 12.3 Å². The molecule has 28 heavy (non-hydrogen) atoms. The summed E-state index contributed by atoms with van der Waals surface area (Å²) in [5.74, 6) is -3.19. The van der Waals surface area contributed by atoms with Gasteiger partial charge in [0.2, 0.25) is 5.43 Å². The minimum Gasteiger partial charge on any atom is -0.477 e. The molecule has 9 heteroatoms. The van der Waals surface area contributed by atoms with Crippen LogP contribution in [-0.2, 0) is 11.3 Å². The molecule has 0 radical (unpaired) electrons. The van der Waals surface area contributed by atoms with E-state index < -0.39 is 28.6 Å². The van der Waals surface area contributed by atoms with Gasteiger partial charge in [-0.1, -0.05) is 0 Å². The van der Waals surface area contributed by atoms with Gasteiger partial charge in [0.15, 0.2) is 5.82 Å². The molecular weight excluding hydrogens is 372 g/mol. The van der Waals surface area contributed by atoms with Gasteiger partial charge in [-0.3, -0.25) is 4.79 Å². The normalized spacial score (nSPS) is 17.7. The summed E-state index contributed by atoms with van der Waals surface area (Å²) in [5, 5.41) is 11.9. The number of aromatic carboxylic acids is 1. The van der Waals surface area contributed by atoms with E-state index >= 15 is 4.39 Å². The molecule has 0 spiro atoms. The van der Waals surface area contributed by atoms with Gasteiger partial charge in [0, 0.05) is 39.0 Å². The van der Waals surface area contributed by atoms with Crippen LogP contribution in [0.2, 0.25) is 0 Å². The quantitative estimate of drug-likeness (QED) is 0.804. The highest BCUT2D eigenvalue weighted by molar-refractivity contribution is 5.93. The number of fused-ring (bicyclic) bond motifs is 1. The monoisotopic (exact) mass is 395 g/mol. The lowest BCUT2D eigenvalue weighted by Crippen LogP contribution is -2.38. The number of halogens is 2. The number of hydrogen-bond donors (Lipinski definition) is 2. The molecule has 2 aromatic rings. The van der Waals surface area contributed by atoms with Crippen LogP contribution in [0.15, 0.2) is 17.1 Å². The number of aromatic nitrogens is 1. The zero-order chi connectivity index (χ0) is 20.4. The number of rotatable bonds is 5. The van der Waals surface area contributed by atoms with Crippen LogP contribution < -0.4 is 15.6 Å². The molecule has 0 aliphatic carbocycles. The zero-order valence-electron chi connectivity index (χ0n) is 15.8. The highest BCUT2D eigenvalue weighted by atomic mass is 19.1. The lowest BCUT2D eigenvalue weighted by atomic mass is 10.1. The van der Waals surface area contributed by atoms with Crippen molar-refractivity contribution >= 4 is 22.6 Å². The number of carboxylic acid groups (broad SMARTS) is 1. The summed E-state index contributed by atoms with van der Waals surface area (Å²) in [4.78, 5) is 25.4. The summed E-state index contributed by atoms with van der Waals surface area (Å²) < 4.78 is 37.4. The summed E-state index contributed by atoms with van der Waals surface area (Å²) in [5.41, 5.74) is -1.73. The summed E-state index contributed by atoms with van der Waals surface area (Å²) in [6.07, 6.45) is 1.48. The highest BCUT2D eigenvalue weighted by Gasteiger charge is 2.27. The number of anilines is 1. The molecule has 1 aromatic heterocycles. The molecule has 7 nitrogen and oxygen atoms in total. The van der Waals surface area contributed by atoms with E-state index in [9.17, 15) is 19.1 Å². The number of likely N-dealkylation sites (N-methyl/N-ethyl adjacent to an activating group) is 1. The number of nitrogens with zero attached hydrogens (tertiary/aromatic N) is 2. The first kappa shape index (κ1) is 20.2. The lowest BCUT2D eigenvalue weighted by molar-refractivity contribution is 0.0692. The van der Waals surface area contributed by atoms with Gasteiger partial charge in [-0.05, 0) is 26.5 Å². The van der Waals surface area contributed by atoms with Crippen molar-refractivity contribution in [3.63, 3.8) is 0 Å². The number of aryl methyl sites for hydroxylation is 1. The fraction of sp³-hybridized carbons (Fsp3) is 0.474. The van der Waals surface area contributed by atoms with E-state index in [4.69, 9.17) is 4.74 Å². The standard InChI is InChI=1S/C19H23F2N3O4/c1-3-23-10-13(19(26)27)18(25)12-7-14(20)17(15(21)16(12)23)24-5-4-6-28-11(9-24)8-22-2/h7,10-11,22H,3-6,8-9H2,1-2H3,(H,26,27). The maximum atomic E-state index is 15.5. The molecule has 1 aromatic carbocycles. The van der Waals surface area contributed by atoms with Gasteiger partial charge in [0.25, 0.3) is 0 Å². The first-order valence-corrected chi connectivity index (χ1v) is 9.18. The van der Waals surface area contributed by atoms with Gasteiger partial charge in [-0.2, -0.15) is 0 Å². The van der Waals surface area contributed by atoms with Gasteiger partial charge in [0.05, 0.1) is 17.0 Å². The van der Waals surface area contributed by atoms with Crippen LogP contribution in [0.3, 0.4) is 0 Å². The third kappa shape index (κ3) is 3.59. The van der Waals surface area contributed by atoms with E-state index in [1.165, 1.54) is 4.57 Å². The molecule has 2 heterocycles. The van der Waals surface area contributed by atoms with Gasteiger partial charge in [-0.15, -0.1) is 0 Å². The molecule has 1 aliphatic heterocycles. The number of carbonyl (C=O) groups is 1. The predicted molar refractivity (Wildman–Crippen MR) is 101 cm³/mol. The molecule has 1 unspecified atom stereocenters. The molecular formula is C19H23F2N3O4. The Kier molecular flexibility index (Phi) is 5.95. The zero-order valence-corrected chi connectivity index (χ0v) is 15.8. The Bertz CT molecular complexity index is 961. The second-order valence-corrected chi connectivity index (χ2v) is 6.73. The number of hydrogen-bond acceptors (Lipinski definition) is 5. The van der Waals surface area contributed by atoms with Crippen LogP contribution in [-0.4, -0.2) is 55.0 Å². The van der Waals surface area contributed by atoms with E-state index in [1.807, 2.05) is 0 Å². The molecule has 0 bridgehead atoms. The Balaban J connectivity index is 2.21. The van der Waals surface area contributed by atoms with Crippen molar-refractivity contribution in [3.8, 4) is 0 Å². The average Bonchev–Trinajstić information content (AvgIpc) is 2.88. The van der Waals surface area contributed by atoms with Crippen molar-refractivity contribution in [2.24, 2.45) is 0 Å². The first-order valence-electron chi connectivity index (χ1n) is 9.18. The van der Waals surface area contributed by atoms with Gasteiger partial charge < -0.3 is 24.6 Å². The third-order valence-corrected chi connectivity index (χ3v) is 4.90. The Morgan fingerprint density at radius 2 is 2.18 bits per heavy atom. The van der Waals surface area contributed by atoms with Crippen LogP contribution in [0.5, 0.6) is 0 Å². The largest absolute Gasteiger partial charge is 0.477 e. The molecule has 0 saturated carbocycles. The summed E-state index contributed by atoms with van der Waals surface area (Å²) in [7, 11) is 1.77. The fourth-order valence-corrected chi connectivity index (χ4v) is 3.62. The molecule has 152 valence electrons. The predicted octanol–water partition coefficient (Wildman–Crippen LogP) is 1.81. The van der Waals surface area contributed by atoms with Crippen LogP contribution in [0, 0.1) is 11.6 Å². The number of pyridine rings is 1. The molecule has 2 N–H and O–H groups in total. The van der Waals surface area contributed by atoms with Crippen LogP contribution in [0.25, 0.3) is 10.9 Å². The molecule has 1 saturated heterocycles. The van der Waals surface area contributed by atoms with Crippen molar-refractivity contribution in [3.05, 3.63) is 39.7 Å². The highest BCUT2D eigenvalue weighted by Crippen LogP contribution is 2.31. The molecule has 1 fully saturated rings. The Labute approximate surface area is 160 Å². The molecule has 1 aliphatic rings. The molecule has 0 amide bonds. The van der Waals surface area contributed by atoms with Crippen molar-refractivity contribution in [2.45, 2.75) is 26.0 Å². The van der Waals surface area contributed by atoms with E-state index in [0.29, 0.717) is 32.7 Å². The van der Waals surface area contributed by atoms with Gasteiger partial charge in [-0.25, -0.2) is 13.6 Å². The Morgan fingerprint density at radius 1 is 1.43 bits per heavy atom. The van der Waals surface area contributed by atoms with Crippen molar-refractivity contribution in [1.29, 1.82) is 0 Å². The smallest absolute Gasteiger partial charge is 0.341 e. The fourth-order valence-electron chi connectivity index (χ4n) is 3.62. The third-order valence-electron chi connectivity index (χ3n) is 4.90. The second kappa shape index (κ2) is 8.24. The van der Waals surface area contributed by atoms with Crippen LogP contribution >= 0.6 is 0 Å². The summed E-state index contributed by atoms with van der Waals surface area (Å²) in [6.45, 7) is 3.65. The molecule has 1 atom stereocenters. The lowest BCUT2D eigenvalue weighted by Gasteiger charge is -2.27. The second-order valence-electron chi connectivity index (χ2n) is 6.73. The van der Waals surface area contributed by atoms with Crippen molar-refractivity contribution in [1.82, 2.24) is 9.88 Å². The maximum absolute atomic E-state index is 15.5. The number of benzene rings is 1. The number of carboxylic acids is 1. The average molecular weight is 395 g/mol. The minimum absolute atomic E-state index is 0.0933. The SMILES string of the molecule is CCn1cc(C(=O)O)c(=O)c2cc(F)c(N3CCCOC(CNC)C3)c(F)c21. The van der Waals surface area contributed by atoms with E-state index in [-0.39, 0.29) is 29.2 Å². The Morgan fingerprint density at radius 3 is 2.82 bits per heavy atom. The topological polar surface area (TPSA) is 83.8 Å². The number of nitrogens with one attached hydrogen (secondary N) is 1. The van der Waals surface area contributed by atoms with Crippen molar-refractivity contribution in [2.75, 3.05) is 38.2 Å². The van der Waals surface area contributed by atoms with Crippen molar-refractivity contribution < 1.29 is 23.4 Å². The van der Waals surface area contributed by atoms with Crippen LogP contribution in [0.4, 0.5) is 14.5 Å². The molecule has 3 rings (SSSR count). The maximum Gasteiger partial charge on any atom is 0.341 e. The van der Waals surface area contributed by atoms with Crippen LogP contribution in [0.1, 0.15) is 23.7 Å². The minimum atomic E-state index is -1.43. The van der Waals surface area contributed by atoms with E-state index in [2.05, 4.69) is 5.32 Å². The van der Waals surface area contributed by atoms with Gasteiger partial charge >= 0.3 is 5.97 Å². The van der Waals surface area contributed by atoms with Gasteiger partial charge in [0.1, 0.15) is 17.1 Å².